The van der Waals surface area contributed by atoms with E-state index in [0.717, 1.165) is 16.4 Å². The molecule has 0 aromatic heterocycles. The lowest BCUT2D eigenvalue weighted by Crippen LogP contribution is -2.27. The van der Waals surface area contributed by atoms with Crippen LogP contribution in [0.25, 0.3) is 0 Å². The molecular weight excluding hydrogens is 326 g/mol. The van der Waals surface area contributed by atoms with Crippen LogP contribution < -0.4 is 10.1 Å². The quantitative estimate of drug-likeness (QED) is 0.548. The largest absolute Gasteiger partial charge is 0.494 e. The van der Waals surface area contributed by atoms with E-state index in [2.05, 4.69) is 17.4 Å². The van der Waals surface area contributed by atoms with Gasteiger partial charge in [0.05, 0.1) is 12.4 Å². The van der Waals surface area contributed by atoms with Crippen LogP contribution in [0.5, 0.6) is 5.75 Å². The van der Waals surface area contributed by atoms with Crippen molar-refractivity contribution >= 4 is 29.4 Å². The lowest BCUT2D eigenvalue weighted by molar-refractivity contribution is -0.118. The molecule has 23 heavy (non-hydrogen) atoms. The minimum Gasteiger partial charge on any atom is -0.494 e. The number of carbonyl (C=O) groups is 1. The van der Waals surface area contributed by atoms with E-state index in [4.69, 9.17) is 4.74 Å². The van der Waals surface area contributed by atoms with E-state index in [1.165, 1.54) is 16.7 Å². The molecular formula is C18H21NO2S2. The molecule has 0 aliphatic carbocycles. The van der Waals surface area contributed by atoms with Crippen LogP contribution in [0.4, 0.5) is 0 Å². The van der Waals surface area contributed by atoms with Gasteiger partial charge in [0.2, 0.25) is 5.91 Å². The van der Waals surface area contributed by atoms with Crippen molar-refractivity contribution in [3.05, 3.63) is 54.6 Å². The average Bonchev–Trinajstić information content (AvgIpc) is 2.59. The van der Waals surface area contributed by atoms with Gasteiger partial charge in [-0.15, -0.1) is 23.5 Å². The van der Waals surface area contributed by atoms with Crippen molar-refractivity contribution in [2.75, 3.05) is 24.7 Å². The van der Waals surface area contributed by atoms with Crippen molar-refractivity contribution in [3.63, 3.8) is 0 Å². The monoisotopic (exact) mass is 347 g/mol. The molecule has 3 nitrogen and oxygen atoms in total. The zero-order chi connectivity index (χ0) is 16.3. The Morgan fingerprint density at radius 1 is 1.00 bits per heavy atom. The van der Waals surface area contributed by atoms with Crippen molar-refractivity contribution in [2.45, 2.75) is 16.7 Å². The minimum atomic E-state index is 0.0672. The molecule has 0 aliphatic rings. The summed E-state index contributed by atoms with van der Waals surface area (Å²) in [5.74, 6) is 2.24. The molecule has 5 heteroatoms. The zero-order valence-corrected chi connectivity index (χ0v) is 14.8. The molecule has 0 fully saturated rings. The van der Waals surface area contributed by atoms with E-state index in [-0.39, 0.29) is 5.91 Å². The molecule has 2 rings (SSSR count). The molecule has 0 unspecified atom stereocenters. The third-order valence-electron chi connectivity index (χ3n) is 2.94. The third kappa shape index (κ3) is 7.01. The Morgan fingerprint density at radius 2 is 1.70 bits per heavy atom. The first-order valence-electron chi connectivity index (χ1n) is 7.58. The standard InChI is InChI=1S/C18H21NO2S2/c1-2-21-15-8-10-17(11-9-15)23-14-18(20)19-12-13-22-16-6-4-3-5-7-16/h3-11H,2,12-14H2,1H3,(H,19,20). The molecule has 2 aromatic rings. The summed E-state index contributed by atoms with van der Waals surface area (Å²) < 4.78 is 5.40. The Bertz CT molecular complexity index is 588. The summed E-state index contributed by atoms with van der Waals surface area (Å²) in [5.41, 5.74) is 0. The third-order valence-corrected chi connectivity index (χ3v) is 4.97. The van der Waals surface area contributed by atoms with Gasteiger partial charge in [0.15, 0.2) is 0 Å². The highest BCUT2D eigenvalue weighted by atomic mass is 32.2. The number of carbonyl (C=O) groups excluding carboxylic acids is 1. The predicted molar refractivity (Wildman–Crippen MR) is 98.5 cm³/mol. The van der Waals surface area contributed by atoms with Gasteiger partial charge in [-0.2, -0.15) is 0 Å². The van der Waals surface area contributed by atoms with Crippen LogP contribution in [0.2, 0.25) is 0 Å². The second-order valence-electron chi connectivity index (χ2n) is 4.70. The minimum absolute atomic E-state index is 0.0672. The van der Waals surface area contributed by atoms with E-state index in [1.807, 2.05) is 49.4 Å². The van der Waals surface area contributed by atoms with Crippen molar-refractivity contribution in [1.29, 1.82) is 0 Å². The molecule has 0 atom stereocenters. The van der Waals surface area contributed by atoms with Gasteiger partial charge in [-0.25, -0.2) is 0 Å². The summed E-state index contributed by atoms with van der Waals surface area (Å²) >= 11 is 3.28. The van der Waals surface area contributed by atoms with Crippen LogP contribution >= 0.6 is 23.5 Å². The molecule has 1 N–H and O–H groups in total. The Labute approximate surface area is 146 Å². The maximum absolute atomic E-state index is 11.8. The molecule has 0 spiro atoms. The lowest BCUT2D eigenvalue weighted by atomic mass is 10.3. The Hall–Kier alpha value is -1.59. The highest BCUT2D eigenvalue weighted by molar-refractivity contribution is 8.00. The lowest BCUT2D eigenvalue weighted by Gasteiger charge is -2.06. The number of hydrogen-bond donors (Lipinski definition) is 1. The number of benzene rings is 2. The molecule has 1 amide bonds. The number of hydrogen-bond acceptors (Lipinski definition) is 4. The number of thioether (sulfide) groups is 2. The zero-order valence-electron chi connectivity index (χ0n) is 13.2. The Kier molecular flexibility index (Phi) is 7.90. The molecule has 0 saturated carbocycles. The number of nitrogens with one attached hydrogen (secondary N) is 1. The SMILES string of the molecule is CCOc1ccc(SCC(=O)NCCSc2ccccc2)cc1. The fraction of sp³-hybridized carbons (Fsp3) is 0.278. The number of rotatable bonds is 9. The fourth-order valence-corrected chi connectivity index (χ4v) is 3.39. The molecule has 0 aliphatic heterocycles. The smallest absolute Gasteiger partial charge is 0.230 e. The highest BCUT2D eigenvalue weighted by Crippen LogP contribution is 2.21. The van der Waals surface area contributed by atoms with E-state index in [0.29, 0.717) is 18.9 Å². The van der Waals surface area contributed by atoms with Crippen molar-refractivity contribution in [2.24, 2.45) is 0 Å². The van der Waals surface area contributed by atoms with Gasteiger partial charge < -0.3 is 10.1 Å². The van der Waals surface area contributed by atoms with Gasteiger partial charge in [-0.3, -0.25) is 4.79 Å². The van der Waals surface area contributed by atoms with Crippen molar-refractivity contribution in [1.82, 2.24) is 5.32 Å². The molecule has 2 aromatic carbocycles. The second-order valence-corrected chi connectivity index (χ2v) is 6.92. The van der Waals surface area contributed by atoms with Gasteiger partial charge in [-0.05, 0) is 43.3 Å². The molecule has 0 heterocycles. The van der Waals surface area contributed by atoms with Crippen LogP contribution in [-0.4, -0.2) is 30.6 Å². The van der Waals surface area contributed by atoms with Crippen LogP contribution in [0, 0.1) is 0 Å². The van der Waals surface area contributed by atoms with Gasteiger partial charge in [0, 0.05) is 22.1 Å². The van der Waals surface area contributed by atoms with E-state index in [9.17, 15) is 4.79 Å². The summed E-state index contributed by atoms with van der Waals surface area (Å²) in [6.45, 7) is 3.31. The van der Waals surface area contributed by atoms with Gasteiger partial charge in [0.1, 0.15) is 5.75 Å². The van der Waals surface area contributed by atoms with Crippen LogP contribution in [-0.2, 0) is 4.79 Å². The maximum Gasteiger partial charge on any atom is 0.230 e. The van der Waals surface area contributed by atoms with E-state index >= 15 is 0 Å². The topological polar surface area (TPSA) is 38.3 Å². The summed E-state index contributed by atoms with van der Waals surface area (Å²) in [7, 11) is 0. The van der Waals surface area contributed by atoms with Crippen molar-refractivity contribution < 1.29 is 9.53 Å². The highest BCUT2D eigenvalue weighted by Gasteiger charge is 2.03. The fourth-order valence-electron chi connectivity index (χ4n) is 1.87. The number of ether oxygens (including phenoxy) is 1. The first-order valence-corrected chi connectivity index (χ1v) is 9.55. The molecule has 0 radical (unpaired) electrons. The predicted octanol–water partition coefficient (Wildman–Crippen LogP) is 4.09. The van der Waals surface area contributed by atoms with Crippen LogP contribution in [0.1, 0.15) is 6.92 Å². The summed E-state index contributed by atoms with van der Waals surface area (Å²) in [4.78, 5) is 14.1. The maximum atomic E-state index is 11.8. The second kappa shape index (κ2) is 10.2. The average molecular weight is 348 g/mol. The molecule has 0 saturated heterocycles. The first-order chi connectivity index (χ1) is 11.3. The normalized spacial score (nSPS) is 10.3. The molecule has 122 valence electrons. The van der Waals surface area contributed by atoms with Gasteiger partial charge in [-0.1, -0.05) is 18.2 Å². The Morgan fingerprint density at radius 3 is 2.39 bits per heavy atom. The number of amides is 1. The van der Waals surface area contributed by atoms with Crippen LogP contribution in [0.15, 0.2) is 64.4 Å². The summed E-state index contributed by atoms with van der Waals surface area (Å²) in [6, 6.07) is 18.0. The Balaban J connectivity index is 1.61. The van der Waals surface area contributed by atoms with E-state index in [1.54, 1.807) is 11.8 Å². The van der Waals surface area contributed by atoms with Gasteiger partial charge >= 0.3 is 0 Å². The van der Waals surface area contributed by atoms with Gasteiger partial charge in [0.25, 0.3) is 0 Å². The first kappa shape index (κ1) is 17.8. The molecule has 0 bridgehead atoms. The summed E-state index contributed by atoms with van der Waals surface area (Å²) in [5, 5.41) is 2.95. The van der Waals surface area contributed by atoms with Crippen molar-refractivity contribution in [3.8, 4) is 5.75 Å². The van der Waals surface area contributed by atoms with E-state index < -0.39 is 0 Å². The summed E-state index contributed by atoms with van der Waals surface area (Å²) in [6.07, 6.45) is 0. The van der Waals surface area contributed by atoms with Crippen LogP contribution in [0.3, 0.4) is 0 Å².